The van der Waals surface area contributed by atoms with Gasteiger partial charge in [-0.3, -0.25) is 9.36 Å². The van der Waals surface area contributed by atoms with E-state index in [0.717, 1.165) is 35.7 Å². The first-order valence-corrected chi connectivity index (χ1v) is 12.1. The van der Waals surface area contributed by atoms with Crippen molar-refractivity contribution < 1.29 is 4.79 Å². The van der Waals surface area contributed by atoms with Gasteiger partial charge in [0.25, 0.3) is 0 Å². The van der Waals surface area contributed by atoms with Crippen molar-refractivity contribution in [2.75, 3.05) is 23.7 Å². The lowest BCUT2D eigenvalue weighted by molar-refractivity contribution is -0.119. The smallest absolute Gasteiger partial charge is 0.230 e. The number of amides is 1. The molecule has 0 spiro atoms. The Labute approximate surface area is 183 Å². The van der Waals surface area contributed by atoms with Crippen molar-refractivity contribution in [2.24, 2.45) is 5.92 Å². The summed E-state index contributed by atoms with van der Waals surface area (Å²) < 4.78 is 2.28. The summed E-state index contributed by atoms with van der Waals surface area (Å²) in [5.41, 5.74) is 3.66. The maximum atomic E-state index is 12.6. The van der Waals surface area contributed by atoms with Gasteiger partial charge in [0.15, 0.2) is 5.16 Å². The van der Waals surface area contributed by atoms with Crippen molar-refractivity contribution in [3.63, 3.8) is 0 Å². The number of piperidine rings is 1. The molecule has 4 rings (SSSR count). The molecule has 1 unspecified atom stereocenters. The summed E-state index contributed by atoms with van der Waals surface area (Å²) in [6.45, 7) is 10.7. The third-order valence-electron chi connectivity index (χ3n) is 6.37. The lowest BCUT2D eigenvalue weighted by atomic mass is 10.00. The highest BCUT2D eigenvalue weighted by atomic mass is 32.2. The number of thioether (sulfide) groups is 1. The first-order valence-electron chi connectivity index (χ1n) is 11.1. The highest BCUT2D eigenvalue weighted by Gasteiger charge is 2.32. The topological polar surface area (TPSA) is 63.1 Å². The number of aryl methyl sites for hydroxylation is 2. The Morgan fingerprint density at radius 2 is 1.90 bits per heavy atom. The highest BCUT2D eigenvalue weighted by molar-refractivity contribution is 7.99. The van der Waals surface area contributed by atoms with E-state index in [-0.39, 0.29) is 11.9 Å². The Morgan fingerprint density at radius 3 is 2.57 bits per heavy atom. The molecule has 0 bridgehead atoms. The molecule has 1 atom stereocenters. The van der Waals surface area contributed by atoms with Crippen LogP contribution in [-0.2, 0) is 4.79 Å². The number of hydrogen-bond acceptors (Lipinski definition) is 5. The molecule has 1 aromatic heterocycles. The van der Waals surface area contributed by atoms with E-state index in [9.17, 15) is 4.79 Å². The molecule has 1 aliphatic heterocycles. The SMILES string of the molecule is Cc1ccc(C(C)NC(=O)CSc2nnc(N3CCC(C)CC3)n2C2CC2)cc1C. The van der Waals surface area contributed by atoms with Crippen LogP contribution in [0.15, 0.2) is 23.4 Å². The summed E-state index contributed by atoms with van der Waals surface area (Å²) in [7, 11) is 0. The maximum Gasteiger partial charge on any atom is 0.230 e. The summed E-state index contributed by atoms with van der Waals surface area (Å²) in [5, 5.41) is 13.0. The van der Waals surface area contributed by atoms with Crippen molar-refractivity contribution in [2.45, 2.75) is 70.6 Å². The van der Waals surface area contributed by atoms with E-state index in [4.69, 9.17) is 0 Å². The van der Waals surface area contributed by atoms with Crippen LogP contribution in [-0.4, -0.2) is 39.5 Å². The fourth-order valence-corrected chi connectivity index (χ4v) is 4.79. The molecule has 2 aromatic rings. The number of rotatable bonds is 7. The molecule has 1 amide bonds. The predicted octanol–water partition coefficient (Wildman–Crippen LogP) is 4.44. The molecule has 2 fully saturated rings. The molecular formula is C23H33N5OS. The average molecular weight is 428 g/mol. The minimum Gasteiger partial charge on any atom is -0.349 e. The summed E-state index contributed by atoms with van der Waals surface area (Å²) in [5.74, 6) is 2.17. The fourth-order valence-electron chi connectivity index (χ4n) is 3.97. The van der Waals surface area contributed by atoms with Gasteiger partial charge in [-0.2, -0.15) is 0 Å². The van der Waals surface area contributed by atoms with Gasteiger partial charge in [0.1, 0.15) is 0 Å². The van der Waals surface area contributed by atoms with Crippen molar-refractivity contribution in [1.29, 1.82) is 0 Å². The Bertz CT molecular complexity index is 899. The zero-order chi connectivity index (χ0) is 21.3. The van der Waals surface area contributed by atoms with Gasteiger partial charge in [-0.15, -0.1) is 10.2 Å². The van der Waals surface area contributed by atoms with Crippen LogP contribution in [0, 0.1) is 19.8 Å². The average Bonchev–Trinajstić information content (AvgIpc) is 3.48. The van der Waals surface area contributed by atoms with Gasteiger partial charge in [-0.25, -0.2) is 0 Å². The first kappa shape index (κ1) is 21.2. The summed E-state index contributed by atoms with van der Waals surface area (Å²) >= 11 is 1.50. The van der Waals surface area contributed by atoms with E-state index in [2.05, 4.69) is 64.0 Å². The monoisotopic (exact) mass is 427 g/mol. The second-order valence-corrected chi connectivity index (χ2v) is 9.92. The molecule has 1 aliphatic carbocycles. The van der Waals surface area contributed by atoms with E-state index < -0.39 is 0 Å². The number of hydrogen-bond donors (Lipinski definition) is 1. The van der Waals surface area contributed by atoms with Gasteiger partial charge < -0.3 is 10.2 Å². The largest absolute Gasteiger partial charge is 0.349 e. The van der Waals surface area contributed by atoms with Crippen LogP contribution in [0.5, 0.6) is 0 Å². The second-order valence-electron chi connectivity index (χ2n) is 8.97. The Kier molecular flexibility index (Phi) is 6.37. The Balaban J connectivity index is 1.37. The third-order valence-corrected chi connectivity index (χ3v) is 7.31. The minimum absolute atomic E-state index is 0.00963. The van der Waals surface area contributed by atoms with Gasteiger partial charge in [0, 0.05) is 19.1 Å². The molecule has 2 heterocycles. The van der Waals surface area contributed by atoms with Crippen molar-refractivity contribution >= 4 is 23.6 Å². The van der Waals surface area contributed by atoms with Gasteiger partial charge in [0.05, 0.1) is 11.8 Å². The van der Waals surface area contributed by atoms with E-state index >= 15 is 0 Å². The first-order chi connectivity index (χ1) is 14.4. The van der Waals surface area contributed by atoms with E-state index in [1.807, 2.05) is 6.92 Å². The number of nitrogens with one attached hydrogen (secondary N) is 1. The second kappa shape index (κ2) is 9.00. The number of nitrogens with zero attached hydrogens (tertiary/aromatic N) is 4. The Hall–Kier alpha value is -2.02. The van der Waals surface area contributed by atoms with Crippen molar-refractivity contribution in [3.8, 4) is 0 Å². The summed E-state index contributed by atoms with van der Waals surface area (Å²) in [4.78, 5) is 15.0. The molecule has 6 nitrogen and oxygen atoms in total. The fraction of sp³-hybridized carbons (Fsp3) is 0.609. The van der Waals surface area contributed by atoms with E-state index in [1.165, 1.54) is 48.6 Å². The molecule has 162 valence electrons. The summed E-state index contributed by atoms with van der Waals surface area (Å²) in [6.07, 6.45) is 4.77. The number of aromatic nitrogens is 3. The van der Waals surface area contributed by atoms with Crippen LogP contribution in [0.25, 0.3) is 0 Å². The van der Waals surface area contributed by atoms with Crippen LogP contribution in [0.1, 0.15) is 68.3 Å². The van der Waals surface area contributed by atoms with Crippen molar-refractivity contribution in [3.05, 3.63) is 34.9 Å². The molecule has 7 heteroatoms. The van der Waals surface area contributed by atoms with Gasteiger partial charge in [-0.1, -0.05) is 36.9 Å². The van der Waals surface area contributed by atoms with Gasteiger partial charge >= 0.3 is 0 Å². The van der Waals surface area contributed by atoms with Crippen LogP contribution in [0.4, 0.5) is 5.95 Å². The molecule has 1 saturated carbocycles. The molecule has 0 radical (unpaired) electrons. The normalized spacial score (nSPS) is 18.5. The number of anilines is 1. The molecule has 1 N–H and O–H groups in total. The molecular weight excluding hydrogens is 394 g/mol. The van der Waals surface area contributed by atoms with Crippen LogP contribution < -0.4 is 10.2 Å². The zero-order valence-corrected chi connectivity index (χ0v) is 19.3. The number of benzene rings is 1. The number of carbonyl (C=O) groups excluding carboxylic acids is 1. The van der Waals surface area contributed by atoms with Crippen LogP contribution >= 0.6 is 11.8 Å². The standard InChI is InChI=1S/C23H33N5OS/c1-15-9-11-27(12-10-15)22-25-26-23(28(22)20-7-8-20)30-14-21(29)24-18(4)19-6-5-16(2)17(3)13-19/h5-6,13,15,18,20H,7-12,14H2,1-4H3,(H,24,29). The quantitative estimate of drug-likeness (QED) is 0.662. The predicted molar refractivity (Wildman–Crippen MR) is 122 cm³/mol. The van der Waals surface area contributed by atoms with Crippen LogP contribution in [0.3, 0.4) is 0 Å². The minimum atomic E-state index is -0.00963. The third kappa shape index (κ3) is 4.82. The molecule has 1 aromatic carbocycles. The van der Waals surface area contributed by atoms with Crippen molar-refractivity contribution in [1.82, 2.24) is 20.1 Å². The number of carbonyl (C=O) groups is 1. The molecule has 1 saturated heterocycles. The zero-order valence-electron chi connectivity index (χ0n) is 18.5. The van der Waals surface area contributed by atoms with E-state index in [1.54, 1.807) is 0 Å². The molecule has 30 heavy (non-hydrogen) atoms. The highest BCUT2D eigenvalue weighted by Crippen LogP contribution is 2.41. The van der Waals surface area contributed by atoms with Gasteiger partial charge in [-0.05, 0) is 69.1 Å². The Morgan fingerprint density at radius 1 is 1.17 bits per heavy atom. The van der Waals surface area contributed by atoms with Crippen LogP contribution in [0.2, 0.25) is 0 Å². The van der Waals surface area contributed by atoms with Gasteiger partial charge in [0.2, 0.25) is 11.9 Å². The lowest BCUT2D eigenvalue weighted by Gasteiger charge is -2.31. The lowest BCUT2D eigenvalue weighted by Crippen LogP contribution is -2.34. The maximum absolute atomic E-state index is 12.6. The molecule has 2 aliphatic rings. The summed E-state index contributed by atoms with van der Waals surface area (Å²) in [6, 6.07) is 6.85. The van der Waals surface area contributed by atoms with E-state index in [0.29, 0.717) is 11.8 Å².